The molecule has 1 aromatic heterocycles. The molecule has 0 atom stereocenters. The third-order valence-corrected chi connectivity index (χ3v) is 3.38. The molecule has 0 saturated heterocycles. The van der Waals surface area contributed by atoms with Gasteiger partial charge in [0.05, 0.1) is 11.8 Å². The molecule has 6 heteroatoms. The van der Waals surface area contributed by atoms with Crippen molar-refractivity contribution in [1.29, 1.82) is 0 Å². The number of nitrogens with zero attached hydrogens (tertiary/aromatic N) is 1. The number of amides is 1. The van der Waals surface area contributed by atoms with E-state index in [1.807, 2.05) is 18.4 Å². The predicted octanol–water partition coefficient (Wildman–Crippen LogP) is 3.10. The van der Waals surface area contributed by atoms with Gasteiger partial charge in [0.25, 0.3) is 5.91 Å². The van der Waals surface area contributed by atoms with Gasteiger partial charge >= 0.3 is 0 Å². The molecule has 1 heterocycles. The summed E-state index contributed by atoms with van der Waals surface area (Å²) in [6, 6.07) is 4.60. The van der Waals surface area contributed by atoms with E-state index in [0.717, 1.165) is 28.6 Å². The molecule has 3 nitrogen and oxygen atoms in total. The second-order valence-corrected chi connectivity index (χ2v) is 4.74. The lowest BCUT2D eigenvalue weighted by atomic mass is 10.2. The lowest BCUT2D eigenvalue weighted by molar-refractivity contribution is 0.0950. The van der Waals surface area contributed by atoms with Crippen LogP contribution in [0.5, 0.6) is 0 Å². The highest BCUT2D eigenvalue weighted by Crippen LogP contribution is 2.12. The van der Waals surface area contributed by atoms with Gasteiger partial charge in [-0.25, -0.2) is 14.2 Å². The van der Waals surface area contributed by atoms with E-state index in [1.54, 1.807) is 0 Å². The van der Waals surface area contributed by atoms with Gasteiger partial charge in [-0.2, -0.15) is 5.10 Å². The van der Waals surface area contributed by atoms with Crippen LogP contribution >= 0.6 is 11.3 Å². The van der Waals surface area contributed by atoms with E-state index in [0.29, 0.717) is 0 Å². The number of carbonyl (C=O) groups excluding carboxylic acids is 1. The second kappa shape index (κ2) is 5.71. The van der Waals surface area contributed by atoms with Crippen molar-refractivity contribution in [2.45, 2.75) is 6.92 Å². The minimum Gasteiger partial charge on any atom is -0.267 e. The number of hydrogen-bond donors (Lipinski definition) is 1. The van der Waals surface area contributed by atoms with Crippen LogP contribution in [0.1, 0.15) is 20.8 Å². The van der Waals surface area contributed by atoms with Crippen LogP contribution in [0.3, 0.4) is 0 Å². The number of rotatable bonds is 3. The highest BCUT2D eigenvalue weighted by molar-refractivity contribution is 7.11. The molecule has 0 fully saturated rings. The summed E-state index contributed by atoms with van der Waals surface area (Å²) in [5, 5.41) is 5.61. The van der Waals surface area contributed by atoms with Gasteiger partial charge < -0.3 is 0 Å². The van der Waals surface area contributed by atoms with Crippen molar-refractivity contribution in [2.75, 3.05) is 0 Å². The molecule has 0 aliphatic rings. The number of carbonyl (C=O) groups is 1. The second-order valence-electron chi connectivity index (χ2n) is 3.79. The van der Waals surface area contributed by atoms with Crippen LogP contribution in [0.2, 0.25) is 0 Å². The van der Waals surface area contributed by atoms with Crippen LogP contribution < -0.4 is 5.43 Å². The fourth-order valence-electron chi connectivity index (χ4n) is 1.40. The van der Waals surface area contributed by atoms with Crippen LogP contribution in [0.15, 0.2) is 34.7 Å². The van der Waals surface area contributed by atoms with E-state index in [-0.39, 0.29) is 5.56 Å². The topological polar surface area (TPSA) is 41.5 Å². The molecule has 2 rings (SSSR count). The molecular weight excluding hydrogens is 270 g/mol. The Balaban J connectivity index is 2.08. The summed E-state index contributed by atoms with van der Waals surface area (Å²) in [4.78, 5) is 12.5. The van der Waals surface area contributed by atoms with Gasteiger partial charge in [-0.3, -0.25) is 4.79 Å². The first kappa shape index (κ1) is 13.4. The summed E-state index contributed by atoms with van der Waals surface area (Å²) >= 11 is 1.47. The summed E-state index contributed by atoms with van der Waals surface area (Å²) in [5.41, 5.74) is 2.82. The Morgan fingerprint density at radius 2 is 2.16 bits per heavy atom. The van der Waals surface area contributed by atoms with E-state index in [9.17, 15) is 13.6 Å². The average molecular weight is 280 g/mol. The summed E-state index contributed by atoms with van der Waals surface area (Å²) in [7, 11) is 0. The van der Waals surface area contributed by atoms with Crippen molar-refractivity contribution in [1.82, 2.24) is 5.43 Å². The zero-order valence-corrected chi connectivity index (χ0v) is 10.8. The Hall–Kier alpha value is -2.08. The minimum atomic E-state index is -0.790. The smallest absolute Gasteiger partial charge is 0.267 e. The Kier molecular flexibility index (Phi) is 4.01. The summed E-state index contributed by atoms with van der Waals surface area (Å²) in [6.07, 6.45) is 1.47. The Bertz CT molecular complexity index is 637. The highest BCUT2D eigenvalue weighted by atomic mass is 32.1. The molecule has 1 aromatic carbocycles. The van der Waals surface area contributed by atoms with Gasteiger partial charge in [0.1, 0.15) is 11.6 Å². The number of hydrogen-bond acceptors (Lipinski definition) is 3. The number of benzene rings is 1. The Labute approximate surface area is 112 Å². The number of halogens is 2. The van der Waals surface area contributed by atoms with Gasteiger partial charge in [-0.1, -0.05) is 0 Å². The quantitative estimate of drug-likeness (QED) is 0.681. The molecule has 0 radical (unpaired) electrons. The van der Waals surface area contributed by atoms with E-state index < -0.39 is 17.5 Å². The van der Waals surface area contributed by atoms with E-state index in [2.05, 4.69) is 10.5 Å². The van der Waals surface area contributed by atoms with Crippen LogP contribution in [0.25, 0.3) is 0 Å². The number of aryl methyl sites for hydroxylation is 1. The minimum absolute atomic E-state index is 0.375. The molecule has 0 bridgehead atoms. The third-order valence-electron chi connectivity index (χ3n) is 2.42. The number of thiophene rings is 1. The monoisotopic (exact) mass is 280 g/mol. The maximum Gasteiger partial charge on any atom is 0.274 e. The van der Waals surface area contributed by atoms with E-state index in [4.69, 9.17) is 0 Å². The van der Waals surface area contributed by atoms with Crippen LogP contribution in [0, 0.1) is 18.6 Å². The first-order chi connectivity index (χ1) is 9.08. The molecule has 0 saturated carbocycles. The molecule has 0 aliphatic heterocycles. The number of hydrazone groups is 1. The van der Waals surface area contributed by atoms with Gasteiger partial charge in [-0.05, 0) is 42.1 Å². The molecule has 98 valence electrons. The summed E-state index contributed by atoms with van der Waals surface area (Å²) in [5.74, 6) is -2.26. The summed E-state index contributed by atoms with van der Waals surface area (Å²) < 4.78 is 26.2. The number of nitrogens with one attached hydrogen (secondary N) is 1. The molecule has 1 N–H and O–H groups in total. The standard InChI is InChI=1S/C13H10F2N2OS/c1-8-4-5-19-12(8)7-16-17-13(18)10-6-9(14)2-3-11(10)15/h2-7H,1H3,(H,17,18). The maximum atomic E-state index is 13.3. The van der Waals surface area contributed by atoms with E-state index >= 15 is 0 Å². The zero-order valence-electron chi connectivity index (χ0n) is 9.98. The summed E-state index contributed by atoms with van der Waals surface area (Å²) in [6.45, 7) is 1.91. The van der Waals surface area contributed by atoms with Crippen molar-refractivity contribution in [3.8, 4) is 0 Å². The molecule has 0 aliphatic carbocycles. The Morgan fingerprint density at radius 3 is 2.84 bits per heavy atom. The van der Waals surface area contributed by atoms with Gasteiger partial charge in [0, 0.05) is 4.88 Å². The van der Waals surface area contributed by atoms with Crippen molar-refractivity contribution in [3.05, 3.63) is 57.3 Å². The van der Waals surface area contributed by atoms with Crippen LogP contribution in [-0.2, 0) is 0 Å². The molecule has 19 heavy (non-hydrogen) atoms. The predicted molar refractivity (Wildman–Crippen MR) is 70.5 cm³/mol. The van der Waals surface area contributed by atoms with Crippen molar-refractivity contribution >= 4 is 23.5 Å². The fourth-order valence-corrected chi connectivity index (χ4v) is 2.18. The van der Waals surface area contributed by atoms with E-state index in [1.165, 1.54) is 17.6 Å². The third kappa shape index (κ3) is 3.23. The fraction of sp³-hybridized carbons (Fsp3) is 0.0769. The molecular formula is C13H10F2N2OS. The zero-order chi connectivity index (χ0) is 13.8. The van der Waals surface area contributed by atoms with Crippen LogP contribution in [0.4, 0.5) is 8.78 Å². The first-order valence-electron chi connectivity index (χ1n) is 5.40. The largest absolute Gasteiger partial charge is 0.274 e. The molecule has 0 unspecified atom stereocenters. The molecule has 0 spiro atoms. The van der Waals surface area contributed by atoms with Gasteiger partial charge in [-0.15, -0.1) is 11.3 Å². The Morgan fingerprint density at radius 1 is 1.37 bits per heavy atom. The van der Waals surface area contributed by atoms with Crippen molar-refractivity contribution in [2.24, 2.45) is 5.10 Å². The normalized spacial score (nSPS) is 10.9. The van der Waals surface area contributed by atoms with Gasteiger partial charge in [0.2, 0.25) is 0 Å². The first-order valence-corrected chi connectivity index (χ1v) is 6.28. The SMILES string of the molecule is Cc1ccsc1C=NNC(=O)c1cc(F)ccc1F. The molecule has 2 aromatic rings. The van der Waals surface area contributed by atoms with Crippen LogP contribution in [-0.4, -0.2) is 12.1 Å². The van der Waals surface area contributed by atoms with Gasteiger partial charge in [0.15, 0.2) is 0 Å². The maximum absolute atomic E-state index is 13.3. The lowest BCUT2D eigenvalue weighted by Crippen LogP contribution is -2.19. The lowest BCUT2D eigenvalue weighted by Gasteiger charge is -2.01. The highest BCUT2D eigenvalue weighted by Gasteiger charge is 2.11. The average Bonchev–Trinajstić information content (AvgIpc) is 2.78. The van der Waals surface area contributed by atoms with Crippen molar-refractivity contribution < 1.29 is 13.6 Å². The molecule has 1 amide bonds. The van der Waals surface area contributed by atoms with Crippen molar-refractivity contribution in [3.63, 3.8) is 0 Å².